The maximum Gasteiger partial charge on any atom is 0.189 e. The molecule has 3 unspecified atom stereocenters. The van der Waals surface area contributed by atoms with Gasteiger partial charge in [0.05, 0.1) is 23.9 Å². The van der Waals surface area contributed by atoms with E-state index in [1.165, 1.54) is 0 Å². The summed E-state index contributed by atoms with van der Waals surface area (Å²) in [5, 5.41) is 37.8. The van der Waals surface area contributed by atoms with Crippen molar-refractivity contribution in [2.45, 2.75) is 5.92 Å². The molecule has 118 valence electrons. The minimum Gasteiger partial charge on any atom is -0.305 e. The first-order valence-electron chi connectivity index (χ1n) is 7.83. The highest BCUT2D eigenvalue weighted by Gasteiger charge is 2.57. The van der Waals surface area contributed by atoms with Gasteiger partial charge in [0, 0.05) is 24.9 Å². The number of nitrogens with one attached hydrogen (secondary N) is 1. The van der Waals surface area contributed by atoms with Crippen molar-refractivity contribution in [2.24, 2.45) is 17.3 Å². The summed E-state index contributed by atoms with van der Waals surface area (Å²) in [5.74, 6) is -1.35. The molecule has 0 spiro atoms. The van der Waals surface area contributed by atoms with Crippen LogP contribution in [0.1, 0.15) is 11.5 Å². The van der Waals surface area contributed by atoms with Crippen molar-refractivity contribution in [3.63, 3.8) is 0 Å². The third-order valence-electron chi connectivity index (χ3n) is 5.13. The average molecular weight is 315 g/mol. The number of benzene rings is 1. The zero-order valence-electron chi connectivity index (χ0n) is 13.4. The Kier molecular flexibility index (Phi) is 3.94. The van der Waals surface area contributed by atoms with E-state index in [0.29, 0.717) is 13.1 Å². The van der Waals surface area contributed by atoms with Gasteiger partial charge in [0.15, 0.2) is 5.41 Å². The molecule has 1 saturated carbocycles. The normalized spacial score (nSPS) is 28.7. The predicted molar refractivity (Wildman–Crippen MR) is 88.7 cm³/mol. The Balaban J connectivity index is 2.26. The summed E-state index contributed by atoms with van der Waals surface area (Å²) < 4.78 is 0. The van der Waals surface area contributed by atoms with Crippen LogP contribution in [0, 0.1) is 56.7 Å². The summed E-state index contributed by atoms with van der Waals surface area (Å²) in [5.41, 5.74) is 0.0569. The third-order valence-corrected chi connectivity index (χ3v) is 5.13. The average Bonchev–Trinajstić information content (AvgIpc) is 2.62. The molecule has 1 aliphatic carbocycles. The molecular weight excluding hydrogens is 298 g/mol. The van der Waals surface area contributed by atoms with Gasteiger partial charge in [-0.1, -0.05) is 36.4 Å². The number of rotatable bonds is 1. The molecule has 1 aliphatic heterocycles. The molecule has 5 nitrogen and oxygen atoms in total. The highest BCUT2D eigenvalue weighted by molar-refractivity contribution is 6.00. The first-order valence-corrected chi connectivity index (χ1v) is 7.83. The molecule has 5 heteroatoms. The zero-order valence-corrected chi connectivity index (χ0v) is 13.4. The molecule has 0 radical (unpaired) electrons. The molecule has 0 amide bonds. The molecule has 0 saturated heterocycles. The Bertz CT molecular complexity index is 804. The monoisotopic (exact) mass is 315 g/mol. The SMILES string of the molecule is CN1CC=C2C(C#N)C(=N)C(C#N)(C#N)C(c3ccccc3)C2C1. The van der Waals surface area contributed by atoms with E-state index in [1.807, 2.05) is 43.5 Å². The Morgan fingerprint density at radius 2 is 1.83 bits per heavy atom. The molecule has 3 atom stereocenters. The van der Waals surface area contributed by atoms with Gasteiger partial charge in [0.25, 0.3) is 0 Å². The summed E-state index contributed by atoms with van der Waals surface area (Å²) in [7, 11) is 1.98. The van der Waals surface area contributed by atoms with Crippen LogP contribution >= 0.6 is 0 Å². The van der Waals surface area contributed by atoms with Gasteiger partial charge in [-0.15, -0.1) is 0 Å². The summed E-state index contributed by atoms with van der Waals surface area (Å²) in [4.78, 5) is 2.12. The van der Waals surface area contributed by atoms with E-state index in [1.54, 1.807) is 0 Å². The van der Waals surface area contributed by atoms with Crippen LogP contribution in [0.3, 0.4) is 0 Å². The van der Waals surface area contributed by atoms with Gasteiger partial charge in [-0.3, -0.25) is 0 Å². The lowest BCUT2D eigenvalue weighted by atomic mass is 9.54. The fourth-order valence-corrected chi connectivity index (χ4v) is 3.99. The number of likely N-dealkylation sites (N-methyl/N-ethyl adjacent to an activating group) is 1. The Labute approximate surface area is 141 Å². The molecule has 2 aliphatic rings. The molecule has 0 bridgehead atoms. The number of nitriles is 3. The molecule has 1 heterocycles. The second kappa shape index (κ2) is 5.93. The first kappa shape index (κ1) is 15.9. The van der Waals surface area contributed by atoms with Crippen LogP contribution in [0.2, 0.25) is 0 Å². The van der Waals surface area contributed by atoms with Crippen LogP contribution in [0.5, 0.6) is 0 Å². The van der Waals surface area contributed by atoms with Crippen LogP contribution < -0.4 is 0 Å². The maximum atomic E-state index is 9.86. The minimum absolute atomic E-state index is 0.0871. The van der Waals surface area contributed by atoms with E-state index in [2.05, 4.69) is 23.1 Å². The zero-order chi connectivity index (χ0) is 17.3. The van der Waals surface area contributed by atoms with E-state index in [-0.39, 0.29) is 11.6 Å². The number of nitrogens with zero attached hydrogens (tertiary/aromatic N) is 4. The van der Waals surface area contributed by atoms with Crippen molar-refractivity contribution < 1.29 is 0 Å². The summed E-state index contributed by atoms with van der Waals surface area (Å²) in [6, 6.07) is 15.8. The van der Waals surface area contributed by atoms with Crippen molar-refractivity contribution in [3.8, 4) is 18.2 Å². The van der Waals surface area contributed by atoms with Crippen LogP contribution in [-0.4, -0.2) is 30.7 Å². The fraction of sp³-hybridized carbons (Fsp3) is 0.368. The number of hydrogen-bond acceptors (Lipinski definition) is 5. The molecule has 0 aromatic heterocycles. The van der Waals surface area contributed by atoms with Crippen molar-refractivity contribution in [1.82, 2.24) is 4.90 Å². The highest BCUT2D eigenvalue weighted by atomic mass is 15.1. The largest absolute Gasteiger partial charge is 0.305 e. The summed E-state index contributed by atoms with van der Waals surface area (Å²) in [6.45, 7) is 1.38. The molecule has 3 rings (SSSR count). The topological polar surface area (TPSA) is 98.5 Å². The van der Waals surface area contributed by atoms with E-state index >= 15 is 0 Å². The van der Waals surface area contributed by atoms with Crippen LogP contribution in [-0.2, 0) is 0 Å². The van der Waals surface area contributed by atoms with E-state index < -0.39 is 17.3 Å². The van der Waals surface area contributed by atoms with Crippen molar-refractivity contribution in [3.05, 3.63) is 47.5 Å². The lowest BCUT2D eigenvalue weighted by molar-refractivity contribution is 0.235. The van der Waals surface area contributed by atoms with Gasteiger partial charge in [0.1, 0.15) is 5.92 Å². The molecule has 1 aromatic rings. The standard InChI is InChI=1S/C19H17N5/c1-24-8-7-14-15(9-20)18(23)19(11-21,12-22)17(16(14)10-24)13-5-3-2-4-6-13/h2-7,15-17,23H,8,10H2,1H3. The van der Waals surface area contributed by atoms with Gasteiger partial charge in [-0.05, 0) is 18.2 Å². The Morgan fingerprint density at radius 1 is 1.17 bits per heavy atom. The minimum atomic E-state index is -1.61. The van der Waals surface area contributed by atoms with Gasteiger partial charge < -0.3 is 10.3 Å². The van der Waals surface area contributed by atoms with E-state index in [0.717, 1.165) is 11.1 Å². The molecule has 1 aromatic carbocycles. The van der Waals surface area contributed by atoms with Gasteiger partial charge in [-0.25, -0.2) is 0 Å². The predicted octanol–water partition coefficient (Wildman–Crippen LogP) is 2.46. The summed E-state index contributed by atoms with van der Waals surface area (Å²) in [6.07, 6.45) is 1.99. The quantitative estimate of drug-likeness (QED) is 0.805. The maximum absolute atomic E-state index is 9.86. The lowest BCUT2D eigenvalue weighted by Gasteiger charge is -2.47. The fourth-order valence-electron chi connectivity index (χ4n) is 3.99. The van der Waals surface area contributed by atoms with Crippen LogP contribution in [0.15, 0.2) is 42.0 Å². The number of fused-ring (bicyclic) bond motifs is 1. The third kappa shape index (κ3) is 2.13. The number of hydrogen-bond donors (Lipinski definition) is 1. The second-order valence-electron chi connectivity index (χ2n) is 6.43. The summed E-state index contributed by atoms with van der Waals surface area (Å²) >= 11 is 0. The smallest absolute Gasteiger partial charge is 0.189 e. The first-order chi connectivity index (χ1) is 11.6. The Hall–Kier alpha value is -2.94. The van der Waals surface area contributed by atoms with E-state index in [4.69, 9.17) is 5.41 Å². The van der Waals surface area contributed by atoms with Crippen LogP contribution in [0.25, 0.3) is 0 Å². The Morgan fingerprint density at radius 3 is 2.42 bits per heavy atom. The van der Waals surface area contributed by atoms with Crippen molar-refractivity contribution in [1.29, 1.82) is 21.2 Å². The van der Waals surface area contributed by atoms with Gasteiger partial charge in [-0.2, -0.15) is 15.8 Å². The highest BCUT2D eigenvalue weighted by Crippen LogP contribution is 2.53. The molecule has 24 heavy (non-hydrogen) atoms. The van der Waals surface area contributed by atoms with Crippen LogP contribution in [0.4, 0.5) is 0 Å². The van der Waals surface area contributed by atoms with Crippen molar-refractivity contribution >= 4 is 5.71 Å². The van der Waals surface area contributed by atoms with Crippen molar-refractivity contribution in [2.75, 3.05) is 20.1 Å². The molecule has 1 N–H and O–H groups in total. The molecule has 1 fully saturated rings. The lowest BCUT2D eigenvalue weighted by Crippen LogP contribution is -2.52. The van der Waals surface area contributed by atoms with Gasteiger partial charge >= 0.3 is 0 Å². The molecular formula is C19H17N5. The van der Waals surface area contributed by atoms with E-state index in [9.17, 15) is 15.8 Å². The van der Waals surface area contributed by atoms with Gasteiger partial charge in [0.2, 0.25) is 0 Å². The second-order valence-corrected chi connectivity index (χ2v) is 6.43.